The first kappa shape index (κ1) is 18.3. The summed E-state index contributed by atoms with van der Waals surface area (Å²) in [5, 5.41) is 23.7. The fraction of sp³-hybridized carbons (Fsp3) is 0.333. The number of carbonyl (C=O) groups excluding carboxylic acids is 1. The van der Waals surface area contributed by atoms with Gasteiger partial charge in [-0.05, 0) is 25.8 Å². The van der Waals surface area contributed by atoms with E-state index < -0.39 is 12.0 Å². The Kier molecular flexibility index (Phi) is 5.26. The number of carbonyl (C=O) groups is 2. The molecule has 1 aliphatic rings. The molecule has 3 rings (SSSR count). The number of aromatic nitrogens is 3. The van der Waals surface area contributed by atoms with Crippen LogP contribution in [0.4, 0.5) is 11.5 Å². The Morgan fingerprint density at radius 2 is 2.04 bits per heavy atom. The molecule has 1 aliphatic carbocycles. The summed E-state index contributed by atoms with van der Waals surface area (Å²) in [4.78, 5) is 35.5. The Bertz CT molecular complexity index is 902. The normalized spacial score (nSPS) is 14.5. The predicted molar refractivity (Wildman–Crippen MR) is 96.7 cm³/mol. The van der Waals surface area contributed by atoms with Gasteiger partial charge in [-0.3, -0.25) is 14.6 Å². The van der Waals surface area contributed by atoms with Crippen LogP contribution >= 0.6 is 0 Å². The predicted octanol–water partition coefficient (Wildman–Crippen LogP) is 2.03. The number of rotatable bonds is 6. The second kappa shape index (κ2) is 7.78. The van der Waals surface area contributed by atoms with Crippen LogP contribution in [0.5, 0.6) is 0 Å². The highest BCUT2D eigenvalue weighted by molar-refractivity contribution is 5.92. The van der Waals surface area contributed by atoms with Crippen molar-refractivity contribution in [2.75, 3.05) is 10.6 Å². The number of nitriles is 1. The van der Waals surface area contributed by atoms with Crippen molar-refractivity contribution in [3.63, 3.8) is 0 Å². The number of carboxylic acid groups (broad SMARTS) is 1. The molecule has 1 atom stereocenters. The molecule has 3 N–H and O–H groups in total. The highest BCUT2D eigenvalue weighted by atomic mass is 16.4. The van der Waals surface area contributed by atoms with Gasteiger partial charge in [-0.1, -0.05) is 6.42 Å². The maximum Gasteiger partial charge on any atom is 0.325 e. The maximum absolute atomic E-state index is 11.9. The van der Waals surface area contributed by atoms with Gasteiger partial charge >= 0.3 is 5.97 Å². The first-order chi connectivity index (χ1) is 13.0. The summed E-state index contributed by atoms with van der Waals surface area (Å²) in [6, 6.07) is 2.63. The van der Waals surface area contributed by atoms with Crippen LogP contribution in [0.15, 0.2) is 24.7 Å². The van der Waals surface area contributed by atoms with E-state index in [1.165, 1.54) is 25.5 Å². The van der Waals surface area contributed by atoms with E-state index in [4.69, 9.17) is 10.4 Å². The van der Waals surface area contributed by atoms with Gasteiger partial charge in [0.05, 0.1) is 23.8 Å². The van der Waals surface area contributed by atoms with Crippen LogP contribution in [0.25, 0.3) is 11.3 Å². The van der Waals surface area contributed by atoms with Crippen molar-refractivity contribution >= 4 is 23.4 Å². The zero-order chi connectivity index (χ0) is 19.4. The lowest BCUT2D eigenvalue weighted by Crippen LogP contribution is -2.28. The Morgan fingerprint density at radius 1 is 1.26 bits per heavy atom. The molecule has 0 aliphatic heterocycles. The minimum atomic E-state index is -1.05. The van der Waals surface area contributed by atoms with E-state index in [0.717, 1.165) is 19.3 Å². The minimum absolute atomic E-state index is 0.0440. The number of hydrogen-bond acceptors (Lipinski definition) is 7. The van der Waals surface area contributed by atoms with Crippen molar-refractivity contribution in [2.24, 2.45) is 5.92 Å². The number of aliphatic carboxylic acids is 1. The van der Waals surface area contributed by atoms with Crippen LogP contribution < -0.4 is 10.6 Å². The summed E-state index contributed by atoms with van der Waals surface area (Å²) < 4.78 is 0. The van der Waals surface area contributed by atoms with E-state index in [2.05, 4.69) is 25.6 Å². The van der Waals surface area contributed by atoms with Crippen molar-refractivity contribution in [2.45, 2.75) is 32.2 Å². The van der Waals surface area contributed by atoms with E-state index in [0.29, 0.717) is 22.8 Å². The molecule has 0 saturated heterocycles. The lowest BCUT2D eigenvalue weighted by Gasteiger charge is -2.23. The average Bonchev–Trinajstić information content (AvgIpc) is 2.60. The quantitative estimate of drug-likeness (QED) is 0.705. The van der Waals surface area contributed by atoms with Crippen LogP contribution in [-0.4, -0.2) is 38.0 Å². The van der Waals surface area contributed by atoms with Gasteiger partial charge < -0.3 is 15.7 Å². The lowest BCUT2D eigenvalue weighted by atomic mass is 9.85. The summed E-state index contributed by atoms with van der Waals surface area (Å²) >= 11 is 0. The number of nitrogens with zero attached hydrogens (tertiary/aromatic N) is 4. The summed E-state index contributed by atoms with van der Waals surface area (Å²) in [6.45, 7) is 1.47. The fourth-order valence-electron chi connectivity index (χ4n) is 2.54. The summed E-state index contributed by atoms with van der Waals surface area (Å²) in [6.07, 6.45) is 7.29. The number of hydrogen-bond donors (Lipinski definition) is 3. The monoisotopic (exact) mass is 366 g/mol. The molecule has 9 nitrogen and oxygen atoms in total. The maximum atomic E-state index is 11.9. The molecular formula is C18H18N6O3. The number of pyridine rings is 1. The molecule has 0 unspecified atom stereocenters. The number of nitrogens with one attached hydrogen (secondary N) is 2. The molecule has 27 heavy (non-hydrogen) atoms. The molecule has 2 aromatic heterocycles. The van der Waals surface area contributed by atoms with Gasteiger partial charge in [0.2, 0.25) is 5.91 Å². The topological polar surface area (TPSA) is 141 Å². The van der Waals surface area contributed by atoms with Crippen molar-refractivity contribution in [3.8, 4) is 17.3 Å². The largest absolute Gasteiger partial charge is 0.480 e. The lowest BCUT2D eigenvalue weighted by molar-refractivity contribution is -0.137. The average molecular weight is 366 g/mol. The molecule has 2 aromatic rings. The molecule has 0 radical (unpaired) electrons. The fourth-order valence-corrected chi connectivity index (χ4v) is 2.54. The highest BCUT2D eigenvalue weighted by Gasteiger charge is 2.25. The van der Waals surface area contributed by atoms with E-state index in [1.807, 2.05) is 6.07 Å². The molecule has 1 amide bonds. The summed E-state index contributed by atoms with van der Waals surface area (Å²) in [7, 11) is 0. The first-order valence-electron chi connectivity index (χ1n) is 8.50. The smallest absolute Gasteiger partial charge is 0.325 e. The minimum Gasteiger partial charge on any atom is -0.480 e. The summed E-state index contributed by atoms with van der Waals surface area (Å²) in [5.41, 5.74) is 1.44. The Morgan fingerprint density at radius 3 is 2.59 bits per heavy atom. The van der Waals surface area contributed by atoms with Crippen LogP contribution in [0.3, 0.4) is 0 Å². The van der Waals surface area contributed by atoms with Crippen molar-refractivity contribution in [1.29, 1.82) is 5.26 Å². The van der Waals surface area contributed by atoms with Crippen LogP contribution in [0.1, 0.15) is 31.9 Å². The van der Waals surface area contributed by atoms with Gasteiger partial charge in [-0.2, -0.15) is 5.26 Å². The van der Waals surface area contributed by atoms with E-state index >= 15 is 0 Å². The first-order valence-corrected chi connectivity index (χ1v) is 8.50. The van der Waals surface area contributed by atoms with Crippen LogP contribution in [0.2, 0.25) is 0 Å². The summed E-state index contributed by atoms with van der Waals surface area (Å²) in [5.74, 6) is -0.665. The third-order valence-corrected chi connectivity index (χ3v) is 4.41. The van der Waals surface area contributed by atoms with Crippen molar-refractivity contribution < 1.29 is 14.7 Å². The van der Waals surface area contributed by atoms with Crippen molar-refractivity contribution in [1.82, 2.24) is 15.0 Å². The third kappa shape index (κ3) is 4.17. The molecule has 0 bridgehead atoms. The molecule has 1 saturated carbocycles. The molecule has 1 fully saturated rings. The molecule has 0 aromatic carbocycles. The van der Waals surface area contributed by atoms with Gasteiger partial charge in [0.25, 0.3) is 0 Å². The molecule has 138 valence electrons. The molecular weight excluding hydrogens is 348 g/mol. The highest BCUT2D eigenvalue weighted by Crippen LogP contribution is 2.27. The van der Waals surface area contributed by atoms with Gasteiger partial charge in [-0.15, -0.1) is 0 Å². The van der Waals surface area contributed by atoms with E-state index in [-0.39, 0.29) is 17.5 Å². The van der Waals surface area contributed by atoms with Gasteiger partial charge in [-0.25, -0.2) is 9.97 Å². The van der Waals surface area contributed by atoms with Crippen LogP contribution in [-0.2, 0) is 9.59 Å². The number of amides is 1. The molecule has 9 heteroatoms. The third-order valence-electron chi connectivity index (χ3n) is 4.41. The molecule has 0 spiro atoms. The van der Waals surface area contributed by atoms with Gasteiger partial charge in [0, 0.05) is 17.7 Å². The zero-order valence-electron chi connectivity index (χ0n) is 14.6. The second-order valence-corrected chi connectivity index (χ2v) is 6.34. The van der Waals surface area contributed by atoms with Crippen molar-refractivity contribution in [3.05, 3.63) is 30.4 Å². The van der Waals surface area contributed by atoms with Gasteiger partial charge in [0.15, 0.2) is 11.5 Å². The Balaban J connectivity index is 1.78. The standard InChI is InChI=1S/C18H18N6O3/c1-10(18(26)27)23-13-5-12(7-20-14(13)6-19)15-8-22-16(9-21-15)24-17(25)11-3-2-4-11/h5,7-11,23H,2-4H2,1H3,(H,26,27)(H,22,24,25)/t10-/m0/s1. The Labute approximate surface area is 155 Å². The number of anilines is 2. The van der Waals surface area contributed by atoms with Crippen LogP contribution in [0, 0.1) is 17.2 Å². The van der Waals surface area contributed by atoms with Gasteiger partial charge in [0.1, 0.15) is 12.1 Å². The Hall–Kier alpha value is -3.54. The van der Waals surface area contributed by atoms with E-state index in [1.54, 1.807) is 6.07 Å². The zero-order valence-corrected chi connectivity index (χ0v) is 14.6. The second-order valence-electron chi connectivity index (χ2n) is 6.34. The molecule has 2 heterocycles. The number of carboxylic acids is 1. The SMILES string of the molecule is C[C@H](Nc1cc(-c2cnc(NC(=O)C3CCC3)cn2)cnc1C#N)C(=O)O. The van der Waals surface area contributed by atoms with E-state index in [9.17, 15) is 9.59 Å².